The monoisotopic (exact) mass is 460 g/mol. The first kappa shape index (κ1) is 21.7. The largest absolute Gasteiger partial charge is 0.492 e. The minimum absolute atomic E-state index is 0.0578. The van der Waals surface area contributed by atoms with Crippen LogP contribution in [0.5, 0.6) is 5.75 Å². The molecule has 31 heavy (non-hydrogen) atoms. The van der Waals surface area contributed by atoms with Crippen LogP contribution in [0.1, 0.15) is 30.1 Å². The Balaban J connectivity index is 1.71. The van der Waals surface area contributed by atoms with E-state index in [1.165, 1.54) is 23.5 Å². The SMILES string of the molecule is CCOc1cccc2sc(N(CC3CCCO3)C(=O)c3ccc(S(C)(=O)=O)cc3)nc12. The van der Waals surface area contributed by atoms with E-state index in [1.807, 2.05) is 25.1 Å². The van der Waals surface area contributed by atoms with Crippen molar-refractivity contribution in [3.63, 3.8) is 0 Å². The van der Waals surface area contributed by atoms with Crippen LogP contribution >= 0.6 is 11.3 Å². The van der Waals surface area contributed by atoms with E-state index in [4.69, 9.17) is 14.5 Å². The second-order valence-electron chi connectivity index (χ2n) is 7.38. The molecule has 1 amide bonds. The van der Waals surface area contributed by atoms with Crippen molar-refractivity contribution >= 4 is 42.4 Å². The van der Waals surface area contributed by atoms with Crippen molar-refractivity contribution < 1.29 is 22.7 Å². The zero-order chi connectivity index (χ0) is 22.0. The van der Waals surface area contributed by atoms with E-state index in [0.29, 0.717) is 36.2 Å². The van der Waals surface area contributed by atoms with Gasteiger partial charge in [-0.3, -0.25) is 9.69 Å². The maximum atomic E-state index is 13.4. The van der Waals surface area contributed by atoms with Gasteiger partial charge in [-0.2, -0.15) is 0 Å². The average Bonchev–Trinajstić information content (AvgIpc) is 3.41. The van der Waals surface area contributed by atoms with Gasteiger partial charge in [-0.15, -0.1) is 0 Å². The summed E-state index contributed by atoms with van der Waals surface area (Å²) in [7, 11) is -3.33. The van der Waals surface area contributed by atoms with Crippen LogP contribution in [0.15, 0.2) is 47.4 Å². The first-order valence-corrected chi connectivity index (χ1v) is 12.8. The molecule has 0 radical (unpaired) electrons. The minimum Gasteiger partial charge on any atom is -0.492 e. The van der Waals surface area contributed by atoms with Gasteiger partial charge in [-0.05, 0) is 56.2 Å². The number of anilines is 1. The van der Waals surface area contributed by atoms with Crippen LogP contribution in [0.4, 0.5) is 5.13 Å². The standard InChI is InChI=1S/C22H24N2O5S2/c1-3-28-18-7-4-8-19-20(18)23-22(30-19)24(14-16-6-5-13-29-16)21(25)15-9-11-17(12-10-15)31(2,26)27/h4,7-12,16H,3,5-6,13-14H2,1-2H3. The number of ether oxygens (including phenoxy) is 2. The second kappa shape index (κ2) is 8.94. The fourth-order valence-electron chi connectivity index (χ4n) is 3.54. The Bertz CT molecular complexity index is 1180. The molecule has 0 spiro atoms. The van der Waals surface area contributed by atoms with Gasteiger partial charge < -0.3 is 9.47 Å². The quantitative estimate of drug-likeness (QED) is 0.531. The van der Waals surface area contributed by atoms with Crippen LogP contribution in [-0.4, -0.2) is 51.4 Å². The minimum atomic E-state index is -3.33. The number of hydrogen-bond acceptors (Lipinski definition) is 7. The van der Waals surface area contributed by atoms with E-state index in [-0.39, 0.29) is 16.9 Å². The zero-order valence-corrected chi connectivity index (χ0v) is 19.0. The molecule has 0 saturated carbocycles. The van der Waals surface area contributed by atoms with Crippen LogP contribution in [0.25, 0.3) is 10.2 Å². The lowest BCUT2D eigenvalue weighted by molar-refractivity contribution is 0.0917. The molecule has 7 nitrogen and oxygen atoms in total. The van der Waals surface area contributed by atoms with Gasteiger partial charge in [0.15, 0.2) is 15.0 Å². The molecule has 0 N–H and O–H groups in total. The van der Waals surface area contributed by atoms with Gasteiger partial charge in [-0.25, -0.2) is 13.4 Å². The lowest BCUT2D eigenvalue weighted by Crippen LogP contribution is -2.37. The Hall–Kier alpha value is -2.49. The number of fused-ring (bicyclic) bond motifs is 1. The molecule has 1 unspecified atom stereocenters. The molecule has 1 saturated heterocycles. The molecule has 1 aliphatic rings. The highest BCUT2D eigenvalue weighted by atomic mass is 32.2. The Labute approximate surface area is 185 Å². The number of amides is 1. The number of benzene rings is 2. The molecule has 2 heterocycles. The summed E-state index contributed by atoms with van der Waals surface area (Å²) in [5, 5.41) is 0.565. The highest BCUT2D eigenvalue weighted by Crippen LogP contribution is 2.35. The number of thiazole rings is 1. The zero-order valence-electron chi connectivity index (χ0n) is 17.4. The van der Waals surface area contributed by atoms with Crippen LogP contribution < -0.4 is 9.64 Å². The third-order valence-electron chi connectivity index (χ3n) is 5.09. The number of carbonyl (C=O) groups is 1. The number of carbonyl (C=O) groups excluding carboxylic acids is 1. The Kier molecular flexibility index (Phi) is 6.27. The molecule has 3 aromatic rings. The molecule has 1 atom stereocenters. The first-order valence-electron chi connectivity index (χ1n) is 10.1. The number of nitrogens with zero attached hydrogens (tertiary/aromatic N) is 2. The lowest BCUT2D eigenvalue weighted by atomic mass is 10.2. The smallest absolute Gasteiger partial charge is 0.260 e. The number of hydrogen-bond donors (Lipinski definition) is 0. The maximum absolute atomic E-state index is 13.4. The molecule has 2 aromatic carbocycles. The molecule has 1 aliphatic heterocycles. The van der Waals surface area contributed by atoms with E-state index in [2.05, 4.69) is 0 Å². The number of rotatable bonds is 7. The van der Waals surface area contributed by atoms with Crippen LogP contribution in [0, 0.1) is 0 Å². The number of sulfone groups is 1. The predicted octanol–water partition coefficient (Wildman–Crippen LogP) is 3.92. The van der Waals surface area contributed by atoms with Gasteiger partial charge in [0.25, 0.3) is 5.91 Å². The Morgan fingerprint density at radius 3 is 2.68 bits per heavy atom. The molecule has 0 bridgehead atoms. The molecular weight excluding hydrogens is 436 g/mol. The normalized spacial score (nSPS) is 16.5. The molecule has 1 fully saturated rings. The summed E-state index contributed by atoms with van der Waals surface area (Å²) in [4.78, 5) is 20.0. The van der Waals surface area contributed by atoms with Gasteiger partial charge in [0.05, 0.1) is 28.9 Å². The van der Waals surface area contributed by atoms with E-state index >= 15 is 0 Å². The fraction of sp³-hybridized carbons (Fsp3) is 0.364. The molecule has 9 heteroatoms. The highest BCUT2D eigenvalue weighted by molar-refractivity contribution is 7.90. The van der Waals surface area contributed by atoms with Crippen molar-refractivity contribution in [2.24, 2.45) is 0 Å². The van der Waals surface area contributed by atoms with Gasteiger partial charge >= 0.3 is 0 Å². The lowest BCUT2D eigenvalue weighted by Gasteiger charge is -2.23. The molecule has 164 valence electrons. The third-order valence-corrected chi connectivity index (χ3v) is 7.26. The van der Waals surface area contributed by atoms with Gasteiger partial charge in [0.2, 0.25) is 0 Å². The summed E-state index contributed by atoms with van der Waals surface area (Å²) in [6.45, 7) is 3.51. The van der Waals surface area contributed by atoms with E-state index in [9.17, 15) is 13.2 Å². The second-order valence-corrected chi connectivity index (χ2v) is 10.4. The van der Waals surface area contributed by atoms with E-state index < -0.39 is 9.84 Å². The number of aromatic nitrogens is 1. The molecular formula is C22H24N2O5S2. The van der Waals surface area contributed by atoms with Crippen molar-refractivity contribution in [1.82, 2.24) is 4.98 Å². The first-order chi connectivity index (χ1) is 14.9. The van der Waals surface area contributed by atoms with Crippen molar-refractivity contribution in [1.29, 1.82) is 0 Å². The van der Waals surface area contributed by atoms with Gasteiger partial charge in [0, 0.05) is 18.4 Å². The summed E-state index contributed by atoms with van der Waals surface area (Å²) < 4.78 is 35.9. The summed E-state index contributed by atoms with van der Waals surface area (Å²) in [5.74, 6) is 0.442. The average molecular weight is 461 g/mol. The topological polar surface area (TPSA) is 85.8 Å². The predicted molar refractivity (Wildman–Crippen MR) is 121 cm³/mol. The molecule has 1 aromatic heterocycles. The highest BCUT2D eigenvalue weighted by Gasteiger charge is 2.27. The summed E-state index contributed by atoms with van der Waals surface area (Å²) in [6, 6.07) is 11.7. The van der Waals surface area contributed by atoms with E-state index in [1.54, 1.807) is 17.0 Å². The van der Waals surface area contributed by atoms with Gasteiger partial charge in [0.1, 0.15) is 11.3 Å². The summed E-state index contributed by atoms with van der Waals surface area (Å²) in [6.07, 6.45) is 2.93. The number of para-hydroxylation sites is 1. The van der Waals surface area contributed by atoms with E-state index in [0.717, 1.165) is 29.3 Å². The van der Waals surface area contributed by atoms with Crippen molar-refractivity contribution in [2.75, 3.05) is 30.9 Å². The Morgan fingerprint density at radius 2 is 2.03 bits per heavy atom. The Morgan fingerprint density at radius 1 is 1.26 bits per heavy atom. The molecule has 4 rings (SSSR count). The molecule has 0 aliphatic carbocycles. The van der Waals surface area contributed by atoms with Crippen molar-refractivity contribution in [3.05, 3.63) is 48.0 Å². The van der Waals surface area contributed by atoms with Gasteiger partial charge in [-0.1, -0.05) is 17.4 Å². The van der Waals surface area contributed by atoms with Crippen molar-refractivity contribution in [2.45, 2.75) is 30.8 Å². The third kappa shape index (κ3) is 4.73. The van der Waals surface area contributed by atoms with Crippen LogP contribution in [-0.2, 0) is 14.6 Å². The summed E-state index contributed by atoms with van der Waals surface area (Å²) >= 11 is 1.42. The van der Waals surface area contributed by atoms with Crippen molar-refractivity contribution in [3.8, 4) is 5.75 Å². The van der Waals surface area contributed by atoms with Crippen LogP contribution in [0.2, 0.25) is 0 Å². The fourth-order valence-corrected chi connectivity index (χ4v) is 5.16. The summed E-state index contributed by atoms with van der Waals surface area (Å²) in [5.41, 5.74) is 1.12. The van der Waals surface area contributed by atoms with Crippen LogP contribution in [0.3, 0.4) is 0 Å². The maximum Gasteiger partial charge on any atom is 0.260 e.